The minimum atomic E-state index is -0.292. The maximum absolute atomic E-state index is 13.3. The number of hydrogen-bond acceptors (Lipinski definition) is 8. The van der Waals surface area contributed by atoms with Crippen LogP contribution in [-0.2, 0) is 24.4 Å². The van der Waals surface area contributed by atoms with E-state index in [-0.39, 0.29) is 17.5 Å². The lowest BCUT2D eigenvalue weighted by molar-refractivity contribution is 0.0663. The molecule has 1 saturated heterocycles. The maximum atomic E-state index is 13.3. The molecule has 37 heavy (non-hydrogen) atoms. The van der Waals surface area contributed by atoms with Crippen molar-refractivity contribution in [2.24, 2.45) is 0 Å². The third-order valence-corrected chi connectivity index (χ3v) is 6.52. The number of rotatable bonds is 10. The molecule has 1 atom stereocenters. The summed E-state index contributed by atoms with van der Waals surface area (Å²) < 4.78 is 31.7. The second-order valence-electron chi connectivity index (χ2n) is 9.10. The summed E-state index contributed by atoms with van der Waals surface area (Å²) in [6.07, 6.45) is 2.05. The highest BCUT2D eigenvalue weighted by Gasteiger charge is 2.22. The fraction of sp³-hybridized carbons (Fsp3) is 0.385. The molecule has 194 valence electrons. The second kappa shape index (κ2) is 11.1. The van der Waals surface area contributed by atoms with Crippen LogP contribution < -0.4 is 15.0 Å². The van der Waals surface area contributed by atoms with Crippen LogP contribution in [0.3, 0.4) is 0 Å². The summed E-state index contributed by atoms with van der Waals surface area (Å²) in [5.74, 6) is 1.49. The van der Waals surface area contributed by atoms with Crippen LogP contribution in [-0.4, -0.2) is 63.6 Å². The first-order valence-electron chi connectivity index (χ1n) is 12.1. The van der Waals surface area contributed by atoms with Gasteiger partial charge in [0.1, 0.15) is 5.82 Å². The lowest BCUT2D eigenvalue weighted by Gasteiger charge is -2.24. The van der Waals surface area contributed by atoms with E-state index in [4.69, 9.17) is 14.2 Å². The number of nitrogens with one attached hydrogen (secondary N) is 1. The molecule has 2 aromatic carbocycles. The largest absolute Gasteiger partial charge is 0.493 e. The third-order valence-electron chi connectivity index (χ3n) is 6.52. The molecule has 0 spiro atoms. The monoisotopic (exact) mass is 508 g/mol. The summed E-state index contributed by atoms with van der Waals surface area (Å²) in [6.45, 7) is 2.57. The number of pyridine rings is 1. The van der Waals surface area contributed by atoms with Gasteiger partial charge in [0.05, 0.1) is 38.9 Å². The highest BCUT2D eigenvalue weighted by molar-refractivity contribution is 5.83. The summed E-state index contributed by atoms with van der Waals surface area (Å²) in [4.78, 5) is 18.1. The molecule has 1 aliphatic heterocycles. The van der Waals surface area contributed by atoms with Crippen molar-refractivity contribution in [2.45, 2.75) is 38.6 Å². The van der Waals surface area contributed by atoms with Gasteiger partial charge in [-0.15, -0.1) is 5.10 Å². The van der Waals surface area contributed by atoms with Crippen molar-refractivity contribution in [1.82, 2.24) is 30.1 Å². The molecule has 5 rings (SSSR count). The number of aromatic amines is 1. The standard InChI is InChI=1S/C26H29FN6O4/c1-35-23-11-18-10-19(26(34)28-22(18)12-24(23)36-2)14-32(15-21-4-3-9-37-21)16-25-29-30-31-33(25)13-17-5-7-20(27)8-6-17/h5-8,10-12,21H,3-4,9,13-16H2,1-2H3,(H,28,34). The van der Waals surface area contributed by atoms with E-state index >= 15 is 0 Å². The number of halogens is 1. The molecule has 0 radical (unpaired) electrons. The van der Waals surface area contributed by atoms with Crippen molar-refractivity contribution in [3.8, 4) is 11.5 Å². The van der Waals surface area contributed by atoms with Crippen LogP contribution in [0.15, 0.2) is 47.3 Å². The first-order chi connectivity index (χ1) is 18.0. The van der Waals surface area contributed by atoms with Crippen molar-refractivity contribution in [2.75, 3.05) is 27.4 Å². The molecule has 1 N–H and O–H groups in total. The zero-order valence-electron chi connectivity index (χ0n) is 20.8. The summed E-state index contributed by atoms with van der Waals surface area (Å²) in [7, 11) is 3.14. The predicted octanol–water partition coefficient (Wildman–Crippen LogP) is 2.90. The van der Waals surface area contributed by atoms with Crippen LogP contribution in [0.25, 0.3) is 10.9 Å². The quantitative estimate of drug-likeness (QED) is 0.349. The van der Waals surface area contributed by atoms with Crippen LogP contribution in [0, 0.1) is 5.82 Å². The topological polar surface area (TPSA) is 107 Å². The van der Waals surface area contributed by atoms with E-state index in [2.05, 4.69) is 25.4 Å². The smallest absolute Gasteiger partial charge is 0.252 e. The maximum Gasteiger partial charge on any atom is 0.252 e. The third kappa shape index (κ3) is 5.78. The van der Waals surface area contributed by atoms with E-state index in [9.17, 15) is 9.18 Å². The van der Waals surface area contributed by atoms with Crippen molar-refractivity contribution in [3.05, 3.63) is 75.6 Å². The Hall–Kier alpha value is -3.83. The van der Waals surface area contributed by atoms with Crippen LogP contribution >= 0.6 is 0 Å². The Morgan fingerprint density at radius 1 is 1.14 bits per heavy atom. The van der Waals surface area contributed by atoms with Crippen molar-refractivity contribution in [1.29, 1.82) is 0 Å². The molecule has 1 aliphatic rings. The lowest BCUT2D eigenvalue weighted by atomic mass is 10.1. The Labute approximate surface area is 213 Å². The van der Waals surface area contributed by atoms with Gasteiger partial charge in [-0.1, -0.05) is 12.1 Å². The Morgan fingerprint density at radius 3 is 2.65 bits per heavy atom. The van der Waals surface area contributed by atoms with Gasteiger partial charge in [-0.3, -0.25) is 9.69 Å². The minimum absolute atomic E-state index is 0.0744. The van der Waals surface area contributed by atoms with Crippen molar-refractivity contribution in [3.63, 3.8) is 0 Å². The van der Waals surface area contributed by atoms with Gasteiger partial charge in [0, 0.05) is 36.7 Å². The molecular formula is C26H29FN6O4. The fourth-order valence-electron chi connectivity index (χ4n) is 4.62. The van der Waals surface area contributed by atoms with E-state index < -0.39 is 0 Å². The molecular weight excluding hydrogens is 479 g/mol. The molecule has 11 heteroatoms. The second-order valence-corrected chi connectivity index (χ2v) is 9.10. The molecule has 0 saturated carbocycles. The van der Waals surface area contributed by atoms with Crippen molar-refractivity contribution < 1.29 is 18.6 Å². The van der Waals surface area contributed by atoms with Gasteiger partial charge in [0.25, 0.3) is 5.56 Å². The summed E-state index contributed by atoms with van der Waals surface area (Å²) in [6, 6.07) is 11.7. The summed E-state index contributed by atoms with van der Waals surface area (Å²) >= 11 is 0. The molecule has 3 heterocycles. The summed E-state index contributed by atoms with van der Waals surface area (Å²) in [5, 5.41) is 13.1. The van der Waals surface area contributed by atoms with Gasteiger partial charge in [0.15, 0.2) is 17.3 Å². The Bertz CT molecular complexity index is 1420. The Kier molecular flexibility index (Phi) is 7.42. The Balaban J connectivity index is 1.41. The fourth-order valence-corrected chi connectivity index (χ4v) is 4.62. The Morgan fingerprint density at radius 2 is 1.92 bits per heavy atom. The highest BCUT2D eigenvalue weighted by atomic mass is 19.1. The van der Waals surface area contributed by atoms with Gasteiger partial charge < -0.3 is 19.2 Å². The molecule has 4 aromatic rings. The molecule has 0 aliphatic carbocycles. The first-order valence-corrected chi connectivity index (χ1v) is 12.1. The number of nitrogens with zero attached hydrogens (tertiary/aromatic N) is 5. The average molecular weight is 509 g/mol. The zero-order valence-corrected chi connectivity index (χ0v) is 20.8. The zero-order chi connectivity index (χ0) is 25.8. The minimum Gasteiger partial charge on any atom is -0.493 e. The summed E-state index contributed by atoms with van der Waals surface area (Å²) in [5.41, 5.74) is 1.98. The number of aromatic nitrogens is 5. The normalized spacial score (nSPS) is 15.5. The molecule has 1 fully saturated rings. The van der Waals surface area contributed by atoms with Crippen molar-refractivity contribution >= 4 is 10.9 Å². The van der Waals surface area contributed by atoms with Crippen LogP contribution in [0.1, 0.15) is 29.8 Å². The van der Waals surface area contributed by atoms with Gasteiger partial charge >= 0.3 is 0 Å². The number of benzene rings is 2. The van der Waals surface area contributed by atoms with E-state index in [1.54, 1.807) is 37.1 Å². The van der Waals surface area contributed by atoms with Gasteiger partial charge in [0.2, 0.25) is 0 Å². The number of fused-ring (bicyclic) bond motifs is 1. The SMILES string of the molecule is COc1cc2cc(CN(Cc3nnnn3Cc3ccc(F)cc3)CC3CCCO3)c(=O)[nH]c2cc1OC. The average Bonchev–Trinajstić information content (AvgIpc) is 3.57. The van der Waals surface area contributed by atoms with Gasteiger partial charge in [-0.25, -0.2) is 9.07 Å². The molecule has 2 aromatic heterocycles. The number of H-pyrrole nitrogens is 1. The number of ether oxygens (including phenoxy) is 3. The highest BCUT2D eigenvalue weighted by Crippen LogP contribution is 2.31. The van der Waals surface area contributed by atoms with Gasteiger partial charge in [-0.2, -0.15) is 0 Å². The van der Waals surface area contributed by atoms with E-state index in [1.165, 1.54) is 12.1 Å². The number of tetrazole rings is 1. The van der Waals surface area contributed by atoms with E-state index in [0.717, 1.165) is 30.4 Å². The van der Waals surface area contributed by atoms with Crippen LogP contribution in [0.4, 0.5) is 4.39 Å². The first kappa shape index (κ1) is 24.8. The van der Waals surface area contributed by atoms with Gasteiger partial charge in [-0.05, 0) is 53.1 Å². The number of methoxy groups -OCH3 is 2. The van der Waals surface area contributed by atoms with E-state index in [1.807, 2.05) is 12.1 Å². The molecule has 10 nitrogen and oxygen atoms in total. The number of hydrogen-bond donors (Lipinski definition) is 1. The van der Waals surface area contributed by atoms with Crippen LogP contribution in [0.5, 0.6) is 11.5 Å². The van der Waals surface area contributed by atoms with Crippen LogP contribution in [0.2, 0.25) is 0 Å². The molecule has 0 amide bonds. The predicted molar refractivity (Wildman–Crippen MR) is 134 cm³/mol. The molecule has 1 unspecified atom stereocenters. The molecule has 0 bridgehead atoms. The van der Waals surface area contributed by atoms with E-state index in [0.29, 0.717) is 54.6 Å². The lowest BCUT2D eigenvalue weighted by Crippen LogP contribution is -2.34.